The van der Waals surface area contributed by atoms with Crippen LogP contribution in [0.3, 0.4) is 0 Å². The molecule has 5 nitrogen and oxygen atoms in total. The molecule has 0 saturated heterocycles. The first-order valence-electron chi connectivity index (χ1n) is 9.99. The SMILES string of the molecule is Cc1nn(C(C)C)c(C)c1CN(C)Cc1cnc(C2CCCCC2)nc1. The van der Waals surface area contributed by atoms with Crippen molar-refractivity contribution in [3.05, 3.63) is 40.7 Å². The minimum absolute atomic E-state index is 0.397. The second kappa shape index (κ2) is 8.30. The lowest BCUT2D eigenvalue weighted by molar-refractivity contribution is 0.316. The van der Waals surface area contributed by atoms with E-state index in [1.165, 1.54) is 48.9 Å². The molecule has 2 aromatic rings. The molecule has 1 saturated carbocycles. The van der Waals surface area contributed by atoms with Crippen LogP contribution in [-0.2, 0) is 13.1 Å². The van der Waals surface area contributed by atoms with Gasteiger partial charge in [-0.3, -0.25) is 9.58 Å². The van der Waals surface area contributed by atoms with E-state index in [0.717, 1.165) is 24.6 Å². The Kier molecular flexibility index (Phi) is 6.07. The van der Waals surface area contributed by atoms with E-state index < -0.39 is 0 Å². The van der Waals surface area contributed by atoms with Crippen molar-refractivity contribution in [2.75, 3.05) is 7.05 Å². The van der Waals surface area contributed by atoms with Crippen LogP contribution in [0.25, 0.3) is 0 Å². The molecule has 0 aliphatic heterocycles. The van der Waals surface area contributed by atoms with Gasteiger partial charge in [0.2, 0.25) is 0 Å². The van der Waals surface area contributed by atoms with Gasteiger partial charge in [0.25, 0.3) is 0 Å². The lowest BCUT2D eigenvalue weighted by Gasteiger charge is -2.21. The van der Waals surface area contributed by atoms with Gasteiger partial charge in [0.15, 0.2) is 0 Å². The van der Waals surface area contributed by atoms with Gasteiger partial charge in [-0.2, -0.15) is 5.10 Å². The lowest BCUT2D eigenvalue weighted by Crippen LogP contribution is -2.19. The molecule has 0 unspecified atom stereocenters. The molecule has 0 radical (unpaired) electrons. The summed E-state index contributed by atoms with van der Waals surface area (Å²) in [5, 5.41) is 4.70. The Balaban J connectivity index is 1.62. The van der Waals surface area contributed by atoms with E-state index in [9.17, 15) is 0 Å². The summed E-state index contributed by atoms with van der Waals surface area (Å²) in [6.45, 7) is 10.4. The Morgan fingerprint density at radius 2 is 1.73 bits per heavy atom. The standard InChI is InChI=1S/C21H33N5/c1-15(2)26-17(4)20(16(3)24-26)14-25(5)13-18-11-22-21(23-12-18)19-9-7-6-8-10-19/h11-12,15,19H,6-10,13-14H2,1-5H3. The van der Waals surface area contributed by atoms with E-state index in [1.54, 1.807) is 0 Å². The molecule has 0 spiro atoms. The molecule has 0 N–H and O–H groups in total. The number of aromatic nitrogens is 4. The average Bonchev–Trinajstić information content (AvgIpc) is 2.91. The third kappa shape index (κ3) is 4.32. The zero-order valence-electron chi connectivity index (χ0n) is 17.0. The van der Waals surface area contributed by atoms with Crippen molar-refractivity contribution in [1.29, 1.82) is 0 Å². The fourth-order valence-corrected chi connectivity index (χ4v) is 4.08. The Hall–Kier alpha value is -1.75. The molecule has 0 aromatic carbocycles. The summed E-state index contributed by atoms with van der Waals surface area (Å²) >= 11 is 0. The molecule has 3 rings (SSSR count). The van der Waals surface area contributed by atoms with E-state index in [2.05, 4.69) is 54.3 Å². The third-order valence-corrected chi connectivity index (χ3v) is 5.54. The lowest BCUT2D eigenvalue weighted by atomic mass is 9.89. The minimum atomic E-state index is 0.397. The molecule has 1 aliphatic rings. The van der Waals surface area contributed by atoms with E-state index in [-0.39, 0.29) is 0 Å². The fraction of sp³-hybridized carbons (Fsp3) is 0.667. The van der Waals surface area contributed by atoms with Crippen molar-refractivity contribution in [2.45, 2.75) is 84.8 Å². The molecule has 1 fully saturated rings. The van der Waals surface area contributed by atoms with Crippen molar-refractivity contribution in [2.24, 2.45) is 0 Å². The summed E-state index contributed by atoms with van der Waals surface area (Å²) in [6, 6.07) is 0.397. The molecule has 0 amide bonds. The predicted molar refractivity (Wildman–Crippen MR) is 105 cm³/mol. The topological polar surface area (TPSA) is 46.8 Å². The van der Waals surface area contributed by atoms with Crippen LogP contribution in [0.2, 0.25) is 0 Å². The van der Waals surface area contributed by atoms with Crippen LogP contribution < -0.4 is 0 Å². The fourth-order valence-electron chi connectivity index (χ4n) is 4.08. The highest BCUT2D eigenvalue weighted by atomic mass is 15.3. The van der Waals surface area contributed by atoms with Gasteiger partial charge in [-0.25, -0.2) is 9.97 Å². The van der Waals surface area contributed by atoms with Crippen molar-refractivity contribution in [3.8, 4) is 0 Å². The first-order valence-corrected chi connectivity index (χ1v) is 9.99. The molecule has 1 aliphatic carbocycles. The maximum atomic E-state index is 4.70. The molecule has 2 aromatic heterocycles. The summed E-state index contributed by atoms with van der Waals surface area (Å²) in [4.78, 5) is 11.7. The zero-order valence-corrected chi connectivity index (χ0v) is 17.0. The van der Waals surface area contributed by atoms with Gasteiger partial charge < -0.3 is 0 Å². The normalized spacial score (nSPS) is 16.0. The molecular formula is C21H33N5. The Morgan fingerprint density at radius 1 is 1.08 bits per heavy atom. The second-order valence-corrected chi connectivity index (χ2v) is 8.14. The number of nitrogens with zero attached hydrogens (tertiary/aromatic N) is 5. The van der Waals surface area contributed by atoms with Crippen LogP contribution in [0.5, 0.6) is 0 Å². The first-order chi connectivity index (χ1) is 12.5. The number of aryl methyl sites for hydroxylation is 1. The van der Waals surface area contributed by atoms with Gasteiger partial charge in [-0.05, 0) is 47.6 Å². The molecule has 2 heterocycles. The van der Waals surface area contributed by atoms with Crippen LogP contribution in [0.4, 0.5) is 0 Å². The number of hydrogen-bond donors (Lipinski definition) is 0. The summed E-state index contributed by atoms with van der Waals surface area (Å²) in [5.74, 6) is 1.61. The van der Waals surface area contributed by atoms with Crippen molar-refractivity contribution >= 4 is 0 Å². The van der Waals surface area contributed by atoms with Crippen LogP contribution in [-0.4, -0.2) is 31.7 Å². The second-order valence-electron chi connectivity index (χ2n) is 8.14. The van der Waals surface area contributed by atoms with Gasteiger partial charge >= 0.3 is 0 Å². The monoisotopic (exact) mass is 355 g/mol. The molecule has 0 bridgehead atoms. The quantitative estimate of drug-likeness (QED) is 0.762. The van der Waals surface area contributed by atoms with E-state index in [0.29, 0.717) is 12.0 Å². The van der Waals surface area contributed by atoms with Gasteiger partial charge in [0.05, 0.1) is 5.69 Å². The van der Waals surface area contributed by atoms with E-state index in [4.69, 9.17) is 5.10 Å². The van der Waals surface area contributed by atoms with Crippen molar-refractivity contribution < 1.29 is 0 Å². The van der Waals surface area contributed by atoms with Crippen LogP contribution in [0, 0.1) is 13.8 Å². The van der Waals surface area contributed by atoms with E-state index >= 15 is 0 Å². The van der Waals surface area contributed by atoms with Gasteiger partial charge in [0, 0.05) is 54.3 Å². The molecule has 5 heteroatoms. The molecule has 142 valence electrons. The Labute approximate surface area is 157 Å². The van der Waals surface area contributed by atoms with Crippen molar-refractivity contribution in [3.63, 3.8) is 0 Å². The van der Waals surface area contributed by atoms with Gasteiger partial charge in [-0.1, -0.05) is 19.3 Å². The van der Waals surface area contributed by atoms with Crippen LogP contribution in [0.1, 0.15) is 86.3 Å². The molecule has 26 heavy (non-hydrogen) atoms. The van der Waals surface area contributed by atoms with E-state index in [1.807, 2.05) is 12.4 Å². The van der Waals surface area contributed by atoms with Crippen LogP contribution >= 0.6 is 0 Å². The largest absolute Gasteiger partial charge is 0.298 e. The maximum absolute atomic E-state index is 4.70. The highest BCUT2D eigenvalue weighted by molar-refractivity contribution is 5.25. The first kappa shape index (κ1) is 19.0. The summed E-state index contributed by atoms with van der Waals surface area (Å²) < 4.78 is 2.13. The van der Waals surface area contributed by atoms with Gasteiger partial charge in [0.1, 0.15) is 5.82 Å². The number of hydrogen-bond acceptors (Lipinski definition) is 4. The summed E-state index contributed by atoms with van der Waals surface area (Å²) in [7, 11) is 2.15. The van der Waals surface area contributed by atoms with Crippen LogP contribution in [0.15, 0.2) is 12.4 Å². The maximum Gasteiger partial charge on any atom is 0.131 e. The van der Waals surface area contributed by atoms with Gasteiger partial charge in [-0.15, -0.1) is 0 Å². The average molecular weight is 356 g/mol. The third-order valence-electron chi connectivity index (χ3n) is 5.54. The highest BCUT2D eigenvalue weighted by Gasteiger charge is 2.18. The smallest absolute Gasteiger partial charge is 0.131 e. The Bertz CT molecular complexity index is 711. The zero-order chi connectivity index (χ0) is 18.7. The molecule has 0 atom stereocenters. The predicted octanol–water partition coefficient (Wildman–Crippen LogP) is 4.55. The minimum Gasteiger partial charge on any atom is -0.298 e. The summed E-state index contributed by atoms with van der Waals surface area (Å²) in [6.07, 6.45) is 10.5. The molecular weight excluding hydrogens is 322 g/mol. The number of rotatable bonds is 6. The van der Waals surface area contributed by atoms with Crippen molar-refractivity contribution in [1.82, 2.24) is 24.6 Å². The Morgan fingerprint density at radius 3 is 2.31 bits per heavy atom. The summed E-state index contributed by atoms with van der Waals surface area (Å²) in [5.41, 5.74) is 4.92. The highest BCUT2D eigenvalue weighted by Crippen LogP contribution is 2.30.